The number of hydrazine groups is 1. The molecule has 9 heteroatoms. The summed E-state index contributed by atoms with van der Waals surface area (Å²) in [6.07, 6.45) is 0. The summed E-state index contributed by atoms with van der Waals surface area (Å²) in [6, 6.07) is 4.12. The first kappa shape index (κ1) is 14.9. The molecule has 0 atom stereocenters. The monoisotopic (exact) mass is 309 g/mol. The number of rotatable bonds is 4. The summed E-state index contributed by atoms with van der Waals surface area (Å²) in [6.45, 7) is 3.34. The number of anilines is 1. The molecule has 0 aliphatic carbocycles. The third-order valence-corrected chi connectivity index (χ3v) is 2.91. The van der Waals surface area contributed by atoms with Gasteiger partial charge in [0.2, 0.25) is 11.6 Å². The van der Waals surface area contributed by atoms with Gasteiger partial charge in [-0.15, -0.1) is 0 Å². The van der Waals surface area contributed by atoms with Crippen molar-refractivity contribution in [3.05, 3.63) is 44.7 Å². The lowest BCUT2D eigenvalue weighted by atomic mass is 10.3. The Morgan fingerprint density at radius 3 is 2.71 bits per heavy atom. The van der Waals surface area contributed by atoms with Crippen molar-refractivity contribution in [2.24, 2.45) is 5.84 Å². The number of hydrogen-bond donors (Lipinski definition) is 2. The van der Waals surface area contributed by atoms with Crippen LogP contribution in [0, 0.1) is 24.0 Å². The lowest BCUT2D eigenvalue weighted by Crippen LogP contribution is -2.12. The summed E-state index contributed by atoms with van der Waals surface area (Å²) in [5.41, 5.74) is 2.71. The fraction of sp³-hybridized carbons (Fsp3) is 0.167. The lowest BCUT2D eigenvalue weighted by Gasteiger charge is -2.11. The van der Waals surface area contributed by atoms with Gasteiger partial charge in [0.05, 0.1) is 10.5 Å². The third kappa shape index (κ3) is 3.18. The van der Waals surface area contributed by atoms with Crippen molar-refractivity contribution in [3.8, 4) is 11.6 Å². The van der Waals surface area contributed by atoms with E-state index in [2.05, 4.69) is 15.4 Å². The Hall–Kier alpha value is -2.45. The van der Waals surface area contributed by atoms with Gasteiger partial charge in [0.15, 0.2) is 0 Å². The van der Waals surface area contributed by atoms with E-state index in [4.69, 9.17) is 22.2 Å². The zero-order chi connectivity index (χ0) is 15.6. The normalized spacial score (nSPS) is 10.3. The number of nitrogens with zero attached hydrogens (tertiary/aromatic N) is 3. The molecular weight excluding hydrogens is 298 g/mol. The first-order valence-corrected chi connectivity index (χ1v) is 6.24. The van der Waals surface area contributed by atoms with Gasteiger partial charge in [-0.25, -0.2) is 10.8 Å². The minimum atomic E-state index is -0.577. The van der Waals surface area contributed by atoms with Crippen molar-refractivity contribution in [1.29, 1.82) is 0 Å². The Morgan fingerprint density at radius 2 is 2.10 bits per heavy atom. The Kier molecular flexibility index (Phi) is 4.20. The zero-order valence-corrected chi connectivity index (χ0v) is 12.0. The number of nitro groups is 1. The van der Waals surface area contributed by atoms with Crippen molar-refractivity contribution in [2.75, 3.05) is 5.43 Å². The molecule has 0 amide bonds. The number of halogens is 1. The number of nitrogens with one attached hydrogen (secondary N) is 1. The fourth-order valence-corrected chi connectivity index (χ4v) is 1.83. The van der Waals surface area contributed by atoms with E-state index < -0.39 is 4.92 Å². The number of ether oxygens (including phenoxy) is 1. The van der Waals surface area contributed by atoms with E-state index in [9.17, 15) is 10.1 Å². The highest BCUT2D eigenvalue weighted by molar-refractivity contribution is 6.30. The van der Waals surface area contributed by atoms with E-state index in [0.717, 1.165) is 0 Å². The van der Waals surface area contributed by atoms with Crippen LogP contribution >= 0.6 is 11.6 Å². The van der Waals surface area contributed by atoms with E-state index in [1.807, 2.05) is 0 Å². The van der Waals surface area contributed by atoms with Crippen LogP contribution in [0.1, 0.15) is 11.4 Å². The van der Waals surface area contributed by atoms with Crippen LogP contribution in [0.5, 0.6) is 11.6 Å². The summed E-state index contributed by atoms with van der Waals surface area (Å²) in [4.78, 5) is 18.7. The molecule has 1 aromatic heterocycles. The van der Waals surface area contributed by atoms with Gasteiger partial charge in [-0.05, 0) is 26.0 Å². The summed E-state index contributed by atoms with van der Waals surface area (Å²) in [5.74, 6) is 6.38. The maximum atomic E-state index is 11.0. The van der Waals surface area contributed by atoms with Gasteiger partial charge in [-0.2, -0.15) is 4.98 Å². The highest BCUT2D eigenvalue weighted by Crippen LogP contribution is 2.34. The van der Waals surface area contributed by atoms with Gasteiger partial charge in [0.1, 0.15) is 11.6 Å². The molecule has 0 saturated heterocycles. The van der Waals surface area contributed by atoms with Crippen LogP contribution in [0.25, 0.3) is 0 Å². The van der Waals surface area contributed by atoms with Crippen LogP contribution in [0.3, 0.4) is 0 Å². The second kappa shape index (κ2) is 5.90. The number of nitrogens with two attached hydrogens (primary N) is 1. The predicted octanol–water partition coefficient (Wildman–Crippen LogP) is 2.73. The lowest BCUT2D eigenvalue weighted by molar-refractivity contribution is -0.385. The Labute approximate surface area is 125 Å². The number of nitro benzene ring substituents is 1. The molecule has 0 radical (unpaired) electrons. The predicted molar refractivity (Wildman–Crippen MR) is 77.5 cm³/mol. The molecule has 0 fully saturated rings. The molecule has 0 aliphatic rings. The number of aromatic nitrogens is 2. The number of aryl methyl sites for hydroxylation is 1. The molecule has 1 aromatic carbocycles. The second-order valence-corrected chi connectivity index (χ2v) is 4.60. The molecular formula is C12H12ClN5O3. The van der Waals surface area contributed by atoms with E-state index in [0.29, 0.717) is 17.2 Å². The van der Waals surface area contributed by atoms with E-state index in [-0.39, 0.29) is 22.3 Å². The van der Waals surface area contributed by atoms with Crippen molar-refractivity contribution >= 4 is 23.1 Å². The van der Waals surface area contributed by atoms with E-state index in [1.54, 1.807) is 13.8 Å². The van der Waals surface area contributed by atoms with Gasteiger partial charge < -0.3 is 10.2 Å². The third-order valence-electron chi connectivity index (χ3n) is 2.67. The zero-order valence-electron chi connectivity index (χ0n) is 11.3. The molecule has 2 rings (SSSR count). The molecule has 3 N–H and O–H groups in total. The molecule has 0 spiro atoms. The van der Waals surface area contributed by atoms with Crippen LogP contribution in [-0.4, -0.2) is 14.9 Å². The smallest absolute Gasteiger partial charge is 0.313 e. The Morgan fingerprint density at radius 1 is 1.38 bits per heavy atom. The largest absolute Gasteiger partial charge is 0.431 e. The summed E-state index contributed by atoms with van der Waals surface area (Å²) >= 11 is 5.76. The van der Waals surface area contributed by atoms with Gasteiger partial charge in [-0.3, -0.25) is 10.1 Å². The minimum Gasteiger partial charge on any atom is -0.431 e. The number of nitrogen functional groups attached to an aromatic ring is 1. The van der Waals surface area contributed by atoms with Gasteiger partial charge in [0, 0.05) is 11.1 Å². The van der Waals surface area contributed by atoms with Gasteiger partial charge in [-0.1, -0.05) is 11.6 Å². The fourth-order valence-electron chi connectivity index (χ4n) is 1.67. The summed E-state index contributed by atoms with van der Waals surface area (Å²) in [5, 5.41) is 11.3. The van der Waals surface area contributed by atoms with Crippen molar-refractivity contribution in [1.82, 2.24) is 9.97 Å². The number of benzene rings is 1. The summed E-state index contributed by atoms with van der Waals surface area (Å²) in [7, 11) is 0. The maximum Gasteiger partial charge on any atom is 0.313 e. The Balaban J connectivity index is 2.48. The maximum absolute atomic E-state index is 11.0. The van der Waals surface area contributed by atoms with Gasteiger partial charge in [0.25, 0.3) is 0 Å². The number of hydrogen-bond acceptors (Lipinski definition) is 7. The molecule has 1 heterocycles. The molecule has 0 unspecified atom stereocenters. The van der Waals surface area contributed by atoms with Crippen LogP contribution in [0.2, 0.25) is 5.02 Å². The Bertz CT molecular complexity index is 708. The van der Waals surface area contributed by atoms with Crippen molar-refractivity contribution < 1.29 is 9.66 Å². The molecule has 0 aliphatic heterocycles. The average molecular weight is 310 g/mol. The molecule has 8 nitrogen and oxygen atoms in total. The highest BCUT2D eigenvalue weighted by Gasteiger charge is 2.19. The minimum absolute atomic E-state index is 0.0357. The quantitative estimate of drug-likeness (QED) is 0.506. The van der Waals surface area contributed by atoms with Crippen LogP contribution < -0.4 is 16.0 Å². The van der Waals surface area contributed by atoms with E-state index >= 15 is 0 Å². The highest BCUT2D eigenvalue weighted by atomic mass is 35.5. The van der Waals surface area contributed by atoms with E-state index in [1.165, 1.54) is 18.2 Å². The molecule has 0 saturated carbocycles. The topological polar surface area (TPSA) is 116 Å². The molecule has 21 heavy (non-hydrogen) atoms. The SMILES string of the molecule is Cc1nc(NN)c(C)c(Oc2ccc(Cl)cc2[N+](=O)[O-])n1. The average Bonchev–Trinajstić information content (AvgIpc) is 2.44. The van der Waals surface area contributed by atoms with Gasteiger partial charge >= 0.3 is 5.69 Å². The first-order chi connectivity index (χ1) is 9.92. The van der Waals surface area contributed by atoms with Crippen molar-refractivity contribution in [2.45, 2.75) is 13.8 Å². The molecule has 110 valence electrons. The molecule has 0 bridgehead atoms. The van der Waals surface area contributed by atoms with Crippen LogP contribution in [-0.2, 0) is 0 Å². The summed E-state index contributed by atoms with van der Waals surface area (Å²) < 4.78 is 5.53. The van der Waals surface area contributed by atoms with Crippen molar-refractivity contribution in [3.63, 3.8) is 0 Å². The first-order valence-electron chi connectivity index (χ1n) is 5.86. The van der Waals surface area contributed by atoms with Crippen LogP contribution in [0.4, 0.5) is 11.5 Å². The molecule has 2 aromatic rings. The van der Waals surface area contributed by atoms with Crippen LogP contribution in [0.15, 0.2) is 18.2 Å². The second-order valence-electron chi connectivity index (χ2n) is 4.17. The standard InChI is InChI=1S/C12H12ClN5O3/c1-6-11(17-14)15-7(2)16-12(6)21-10-4-3-8(13)5-9(10)18(19)20/h3-5H,14H2,1-2H3,(H,15,16,17).